The first-order valence-electron chi connectivity index (χ1n) is 12.3. The van der Waals surface area contributed by atoms with Gasteiger partial charge in [-0.2, -0.15) is 5.10 Å². The summed E-state index contributed by atoms with van der Waals surface area (Å²) in [7, 11) is 1.64. The lowest BCUT2D eigenvalue weighted by Crippen LogP contribution is -2.38. The van der Waals surface area contributed by atoms with E-state index in [2.05, 4.69) is 4.90 Å². The molecule has 0 spiro atoms. The molecule has 1 aliphatic carbocycles. The molecule has 2 aromatic carbocycles. The van der Waals surface area contributed by atoms with Crippen molar-refractivity contribution in [1.82, 2.24) is 14.7 Å². The van der Waals surface area contributed by atoms with E-state index in [0.29, 0.717) is 43.1 Å². The molecule has 0 radical (unpaired) electrons. The summed E-state index contributed by atoms with van der Waals surface area (Å²) >= 11 is 0. The van der Waals surface area contributed by atoms with Crippen LogP contribution in [0, 0.1) is 6.92 Å². The molecule has 3 aromatic rings. The molecule has 1 atom stereocenters. The van der Waals surface area contributed by atoms with Gasteiger partial charge in [-0.05, 0) is 64.8 Å². The summed E-state index contributed by atoms with van der Waals surface area (Å²) in [4.78, 5) is 2.32. The number of aromatic nitrogens is 2. The molecule has 1 aliphatic rings. The van der Waals surface area contributed by atoms with Crippen LogP contribution in [0.4, 0.5) is 0 Å². The Morgan fingerprint density at radius 3 is 2.34 bits per heavy atom. The molecular formula is C28H37N3O4. The van der Waals surface area contributed by atoms with Crippen LogP contribution in [0.15, 0.2) is 54.6 Å². The smallest absolute Gasteiger partial charge is 0.227 e. The Morgan fingerprint density at radius 2 is 1.71 bits per heavy atom. The zero-order valence-corrected chi connectivity index (χ0v) is 21.4. The summed E-state index contributed by atoms with van der Waals surface area (Å²) < 4.78 is 19.7. The Hall–Kier alpha value is -2.87. The van der Waals surface area contributed by atoms with E-state index in [1.54, 1.807) is 7.11 Å². The number of hydrogen-bond acceptors (Lipinski definition) is 6. The van der Waals surface area contributed by atoms with Crippen molar-refractivity contribution in [2.45, 2.75) is 64.8 Å². The first kappa shape index (κ1) is 25.2. The van der Waals surface area contributed by atoms with E-state index in [1.807, 2.05) is 87.0 Å². The van der Waals surface area contributed by atoms with E-state index >= 15 is 0 Å². The van der Waals surface area contributed by atoms with Crippen molar-refractivity contribution in [2.24, 2.45) is 0 Å². The molecule has 1 fully saturated rings. The molecule has 7 nitrogen and oxygen atoms in total. The summed E-state index contributed by atoms with van der Waals surface area (Å²) in [5.41, 5.74) is 2.53. The number of aliphatic hydroxyl groups excluding tert-OH is 1. The fourth-order valence-corrected chi connectivity index (χ4v) is 4.03. The molecule has 0 aliphatic heterocycles. The fourth-order valence-electron chi connectivity index (χ4n) is 4.03. The van der Waals surface area contributed by atoms with Crippen LogP contribution in [0.1, 0.15) is 44.9 Å². The normalized spacial score (nSPS) is 14.8. The zero-order valence-electron chi connectivity index (χ0n) is 21.4. The predicted molar refractivity (Wildman–Crippen MR) is 137 cm³/mol. The van der Waals surface area contributed by atoms with Crippen molar-refractivity contribution in [3.05, 3.63) is 65.9 Å². The Kier molecular flexibility index (Phi) is 7.79. The van der Waals surface area contributed by atoms with Gasteiger partial charge in [-0.1, -0.05) is 30.3 Å². The van der Waals surface area contributed by atoms with Gasteiger partial charge in [0.2, 0.25) is 5.88 Å². The van der Waals surface area contributed by atoms with E-state index in [-0.39, 0.29) is 5.60 Å². The van der Waals surface area contributed by atoms with Crippen molar-refractivity contribution >= 4 is 0 Å². The second-order valence-corrected chi connectivity index (χ2v) is 10.1. The van der Waals surface area contributed by atoms with Crippen LogP contribution in [0.5, 0.6) is 17.4 Å². The Bertz CT molecular complexity index is 1100. The molecule has 0 amide bonds. The molecular weight excluding hydrogens is 442 g/mol. The Morgan fingerprint density at radius 1 is 1.06 bits per heavy atom. The van der Waals surface area contributed by atoms with Crippen LogP contribution in [-0.4, -0.2) is 57.8 Å². The third kappa shape index (κ3) is 6.63. The van der Waals surface area contributed by atoms with E-state index in [9.17, 15) is 5.11 Å². The number of aryl methyl sites for hydroxylation is 1. The lowest BCUT2D eigenvalue weighted by atomic mass is 10.2. The highest BCUT2D eigenvalue weighted by Crippen LogP contribution is 2.37. The van der Waals surface area contributed by atoms with E-state index < -0.39 is 6.10 Å². The van der Waals surface area contributed by atoms with Crippen LogP contribution in [0.2, 0.25) is 0 Å². The standard InChI is InChI=1S/C28H37N3O4/c1-20-24(18-30(21-15-16-21)17-23(32)19-34-28(2,3)4)27(31(29-20)22-11-7-6-8-12-22)35-26-14-10-9-13-25(26)33-5/h6-14,21,23,32H,15-19H2,1-5H3/t23-/m0/s1. The molecule has 1 saturated carbocycles. The molecule has 1 N–H and O–H groups in total. The summed E-state index contributed by atoms with van der Waals surface area (Å²) in [6, 6.07) is 18.0. The van der Waals surface area contributed by atoms with Crippen LogP contribution in [0.25, 0.3) is 5.69 Å². The average molecular weight is 480 g/mol. The van der Waals surface area contributed by atoms with Gasteiger partial charge in [0, 0.05) is 19.1 Å². The van der Waals surface area contributed by atoms with Crippen LogP contribution >= 0.6 is 0 Å². The minimum absolute atomic E-state index is 0.283. The molecule has 188 valence electrons. The molecule has 35 heavy (non-hydrogen) atoms. The van der Waals surface area contributed by atoms with Crippen molar-refractivity contribution in [2.75, 3.05) is 20.3 Å². The Labute approximate surface area is 208 Å². The fraction of sp³-hybridized carbons (Fsp3) is 0.464. The monoisotopic (exact) mass is 479 g/mol. The Balaban J connectivity index is 1.65. The predicted octanol–water partition coefficient (Wildman–Crippen LogP) is 5.12. The molecule has 0 unspecified atom stereocenters. The molecule has 1 heterocycles. The summed E-state index contributed by atoms with van der Waals surface area (Å²) in [5, 5.41) is 15.6. The second-order valence-electron chi connectivity index (χ2n) is 10.1. The van der Waals surface area contributed by atoms with Gasteiger partial charge in [0.05, 0.1) is 42.4 Å². The van der Waals surface area contributed by atoms with Crippen LogP contribution in [-0.2, 0) is 11.3 Å². The van der Waals surface area contributed by atoms with Crippen molar-refractivity contribution in [3.8, 4) is 23.1 Å². The van der Waals surface area contributed by atoms with Gasteiger partial charge in [-0.3, -0.25) is 4.90 Å². The first-order valence-corrected chi connectivity index (χ1v) is 12.3. The SMILES string of the molecule is COc1ccccc1Oc1c(CN(C[C@H](O)COC(C)(C)C)C2CC2)c(C)nn1-c1ccccc1. The minimum atomic E-state index is -0.571. The van der Waals surface area contributed by atoms with Gasteiger partial charge < -0.3 is 19.3 Å². The number of hydrogen-bond donors (Lipinski definition) is 1. The van der Waals surface area contributed by atoms with E-state index in [0.717, 1.165) is 29.8 Å². The largest absolute Gasteiger partial charge is 0.493 e. The lowest BCUT2D eigenvalue weighted by molar-refractivity contribution is -0.0573. The van der Waals surface area contributed by atoms with E-state index in [4.69, 9.17) is 19.3 Å². The molecule has 4 rings (SSSR count). The second kappa shape index (κ2) is 10.8. The number of rotatable bonds is 11. The quantitative estimate of drug-likeness (QED) is 0.412. The number of aliphatic hydroxyl groups is 1. The minimum Gasteiger partial charge on any atom is -0.493 e. The summed E-state index contributed by atoms with van der Waals surface area (Å²) in [6.07, 6.45) is 1.68. The van der Waals surface area contributed by atoms with Crippen molar-refractivity contribution in [1.29, 1.82) is 0 Å². The molecule has 0 bridgehead atoms. The lowest BCUT2D eigenvalue weighted by Gasteiger charge is -2.27. The van der Waals surface area contributed by atoms with E-state index in [1.165, 1.54) is 0 Å². The van der Waals surface area contributed by atoms with Gasteiger partial charge in [-0.25, -0.2) is 4.68 Å². The van der Waals surface area contributed by atoms with Gasteiger partial charge >= 0.3 is 0 Å². The number of para-hydroxylation sites is 3. The highest BCUT2D eigenvalue weighted by Gasteiger charge is 2.33. The van der Waals surface area contributed by atoms with Crippen LogP contribution < -0.4 is 9.47 Å². The van der Waals surface area contributed by atoms with Gasteiger partial charge in [0.25, 0.3) is 0 Å². The molecule has 1 aromatic heterocycles. The number of benzene rings is 2. The summed E-state index contributed by atoms with van der Waals surface area (Å²) in [6.45, 7) is 9.47. The average Bonchev–Trinajstić information content (AvgIpc) is 3.64. The number of nitrogens with zero attached hydrogens (tertiary/aromatic N) is 3. The molecule has 7 heteroatoms. The number of ether oxygens (including phenoxy) is 3. The highest BCUT2D eigenvalue weighted by atomic mass is 16.5. The van der Waals surface area contributed by atoms with Crippen molar-refractivity contribution < 1.29 is 19.3 Å². The van der Waals surface area contributed by atoms with Gasteiger partial charge in [0.15, 0.2) is 11.5 Å². The maximum Gasteiger partial charge on any atom is 0.227 e. The molecule has 0 saturated heterocycles. The van der Waals surface area contributed by atoms with Gasteiger partial charge in [0.1, 0.15) is 0 Å². The maximum atomic E-state index is 10.7. The number of methoxy groups -OCH3 is 1. The van der Waals surface area contributed by atoms with Crippen LogP contribution in [0.3, 0.4) is 0 Å². The highest BCUT2D eigenvalue weighted by molar-refractivity contribution is 5.47. The third-order valence-corrected chi connectivity index (χ3v) is 5.99. The topological polar surface area (TPSA) is 69.0 Å². The summed E-state index contributed by atoms with van der Waals surface area (Å²) in [5.74, 6) is 1.94. The third-order valence-electron chi connectivity index (χ3n) is 5.99. The first-order chi connectivity index (χ1) is 16.7. The maximum absolute atomic E-state index is 10.7. The zero-order chi connectivity index (χ0) is 25.0. The van der Waals surface area contributed by atoms with Gasteiger partial charge in [-0.15, -0.1) is 0 Å². The van der Waals surface area contributed by atoms with Crippen molar-refractivity contribution in [3.63, 3.8) is 0 Å².